The van der Waals surface area contributed by atoms with Gasteiger partial charge in [-0.15, -0.1) is 0 Å². The van der Waals surface area contributed by atoms with E-state index in [4.69, 9.17) is 21.4 Å². The van der Waals surface area contributed by atoms with Crippen molar-refractivity contribution in [2.24, 2.45) is 0 Å². The van der Waals surface area contributed by atoms with Crippen molar-refractivity contribution in [3.63, 3.8) is 0 Å². The number of rotatable bonds is 4. The van der Waals surface area contributed by atoms with Gasteiger partial charge in [0.15, 0.2) is 0 Å². The minimum Gasteiger partial charge on any atom is -0.488 e. The number of hydrogen-bond acceptors (Lipinski definition) is 2. The molecule has 0 atom stereocenters. The molecule has 0 bridgehead atoms. The predicted molar refractivity (Wildman–Crippen MR) is 81.6 cm³/mol. The molecule has 0 fully saturated rings. The summed E-state index contributed by atoms with van der Waals surface area (Å²) in [7, 11) is 0. The molecule has 0 heterocycles. The summed E-state index contributed by atoms with van der Waals surface area (Å²) in [5.41, 5.74) is 2.18. The molecule has 0 spiro atoms. The van der Waals surface area contributed by atoms with Crippen LogP contribution in [0.15, 0.2) is 40.9 Å². The van der Waals surface area contributed by atoms with Crippen molar-refractivity contribution in [3.8, 4) is 5.75 Å². The fraction of sp³-hybridized carbons (Fsp3) is 0.133. The summed E-state index contributed by atoms with van der Waals surface area (Å²) in [4.78, 5) is 10.8. The van der Waals surface area contributed by atoms with E-state index in [1.807, 2.05) is 25.1 Å². The van der Waals surface area contributed by atoms with E-state index in [1.54, 1.807) is 6.07 Å². The first-order valence-corrected chi connectivity index (χ1v) is 7.05. The van der Waals surface area contributed by atoms with Crippen LogP contribution in [0.4, 0.5) is 0 Å². The molecule has 0 aliphatic rings. The Morgan fingerprint density at radius 3 is 2.65 bits per heavy atom. The highest BCUT2D eigenvalue weighted by atomic mass is 79.9. The van der Waals surface area contributed by atoms with Crippen LogP contribution in [0.1, 0.15) is 21.5 Å². The van der Waals surface area contributed by atoms with Gasteiger partial charge in [-0.3, -0.25) is 0 Å². The fourth-order valence-corrected chi connectivity index (χ4v) is 2.46. The lowest BCUT2D eigenvalue weighted by Crippen LogP contribution is -2.00. The molecule has 0 aromatic heterocycles. The van der Waals surface area contributed by atoms with Gasteiger partial charge in [0.1, 0.15) is 12.4 Å². The van der Waals surface area contributed by atoms with E-state index in [2.05, 4.69) is 15.9 Å². The second-order valence-electron chi connectivity index (χ2n) is 4.33. The van der Waals surface area contributed by atoms with Gasteiger partial charge in [0.25, 0.3) is 0 Å². The van der Waals surface area contributed by atoms with E-state index in [0.717, 1.165) is 11.1 Å². The van der Waals surface area contributed by atoms with Crippen molar-refractivity contribution < 1.29 is 14.6 Å². The SMILES string of the molecule is Cc1ccc(COc2ccc(C(=O)O)cc2Br)c(Cl)c1. The van der Waals surface area contributed by atoms with Crippen LogP contribution in [0.2, 0.25) is 5.02 Å². The third kappa shape index (κ3) is 3.52. The molecular weight excluding hydrogens is 344 g/mol. The zero-order chi connectivity index (χ0) is 14.7. The molecular formula is C15H12BrClO3. The normalized spacial score (nSPS) is 10.3. The monoisotopic (exact) mass is 354 g/mol. The molecule has 0 unspecified atom stereocenters. The minimum absolute atomic E-state index is 0.206. The Hall–Kier alpha value is -1.52. The smallest absolute Gasteiger partial charge is 0.335 e. The van der Waals surface area contributed by atoms with E-state index in [0.29, 0.717) is 21.9 Å². The van der Waals surface area contributed by atoms with Gasteiger partial charge in [-0.25, -0.2) is 4.79 Å². The third-order valence-electron chi connectivity index (χ3n) is 2.77. The average Bonchev–Trinajstić information content (AvgIpc) is 2.38. The molecule has 0 amide bonds. The molecule has 1 N–H and O–H groups in total. The molecule has 2 aromatic carbocycles. The molecule has 104 valence electrons. The summed E-state index contributed by atoms with van der Waals surface area (Å²) >= 11 is 9.43. The zero-order valence-corrected chi connectivity index (χ0v) is 13.0. The molecule has 0 radical (unpaired) electrons. The first-order valence-electron chi connectivity index (χ1n) is 5.88. The number of aryl methyl sites for hydroxylation is 1. The van der Waals surface area contributed by atoms with Gasteiger partial charge < -0.3 is 9.84 Å². The molecule has 5 heteroatoms. The molecule has 20 heavy (non-hydrogen) atoms. The van der Waals surface area contributed by atoms with Gasteiger partial charge in [0, 0.05) is 10.6 Å². The molecule has 0 saturated heterocycles. The molecule has 0 aliphatic carbocycles. The van der Waals surface area contributed by atoms with Crippen LogP contribution in [0.25, 0.3) is 0 Å². The van der Waals surface area contributed by atoms with Crippen molar-refractivity contribution in [2.45, 2.75) is 13.5 Å². The minimum atomic E-state index is -0.973. The quantitative estimate of drug-likeness (QED) is 0.865. The van der Waals surface area contributed by atoms with Crippen LogP contribution in [0, 0.1) is 6.92 Å². The van der Waals surface area contributed by atoms with Gasteiger partial charge in [-0.1, -0.05) is 23.7 Å². The zero-order valence-electron chi connectivity index (χ0n) is 10.7. The number of carboxylic acid groups (broad SMARTS) is 1. The van der Waals surface area contributed by atoms with Crippen LogP contribution in [0.5, 0.6) is 5.75 Å². The summed E-state index contributed by atoms with van der Waals surface area (Å²) in [5, 5.41) is 9.55. The summed E-state index contributed by atoms with van der Waals surface area (Å²) < 4.78 is 6.25. The third-order valence-corrected chi connectivity index (χ3v) is 3.74. The Morgan fingerprint density at radius 1 is 1.30 bits per heavy atom. The van der Waals surface area contributed by atoms with Crippen LogP contribution < -0.4 is 4.74 Å². The predicted octanol–water partition coefficient (Wildman–Crippen LogP) is 4.69. The number of hydrogen-bond donors (Lipinski definition) is 1. The fourth-order valence-electron chi connectivity index (χ4n) is 1.68. The number of halogens is 2. The highest BCUT2D eigenvalue weighted by molar-refractivity contribution is 9.10. The van der Waals surface area contributed by atoms with E-state index < -0.39 is 5.97 Å². The van der Waals surface area contributed by atoms with Crippen molar-refractivity contribution in [1.82, 2.24) is 0 Å². The Bertz CT molecular complexity index is 656. The van der Waals surface area contributed by atoms with Crippen LogP contribution >= 0.6 is 27.5 Å². The number of aromatic carboxylic acids is 1. The second kappa shape index (κ2) is 6.29. The van der Waals surface area contributed by atoms with Gasteiger partial charge in [-0.05, 0) is 52.7 Å². The van der Waals surface area contributed by atoms with Crippen LogP contribution in [0.3, 0.4) is 0 Å². The Kier molecular flexibility index (Phi) is 4.68. The number of carboxylic acids is 1. The summed E-state index contributed by atoms with van der Waals surface area (Å²) in [6.45, 7) is 2.29. The van der Waals surface area contributed by atoms with Crippen molar-refractivity contribution in [2.75, 3.05) is 0 Å². The molecule has 3 nitrogen and oxygen atoms in total. The standard InChI is InChI=1S/C15H12BrClO3/c1-9-2-3-11(13(17)6-9)8-20-14-5-4-10(15(18)19)7-12(14)16/h2-7H,8H2,1H3,(H,18,19). The first-order chi connectivity index (χ1) is 9.47. The molecule has 0 aliphatic heterocycles. The van der Waals surface area contributed by atoms with Gasteiger partial charge in [0.05, 0.1) is 10.0 Å². The Balaban J connectivity index is 2.13. The lowest BCUT2D eigenvalue weighted by atomic mass is 10.1. The van der Waals surface area contributed by atoms with E-state index in [9.17, 15) is 4.79 Å². The Morgan fingerprint density at radius 2 is 2.05 bits per heavy atom. The highest BCUT2D eigenvalue weighted by Gasteiger charge is 2.08. The van der Waals surface area contributed by atoms with E-state index in [1.165, 1.54) is 12.1 Å². The largest absolute Gasteiger partial charge is 0.488 e. The summed E-state index contributed by atoms with van der Waals surface area (Å²) in [5.74, 6) is -0.398. The van der Waals surface area contributed by atoms with Gasteiger partial charge in [0.2, 0.25) is 0 Å². The number of carbonyl (C=O) groups is 1. The van der Waals surface area contributed by atoms with Gasteiger partial charge >= 0.3 is 5.97 Å². The maximum atomic E-state index is 10.8. The molecule has 0 saturated carbocycles. The summed E-state index contributed by atoms with van der Waals surface area (Å²) in [6.07, 6.45) is 0. The lowest BCUT2D eigenvalue weighted by molar-refractivity contribution is 0.0696. The maximum absolute atomic E-state index is 10.8. The number of benzene rings is 2. The van der Waals surface area contributed by atoms with E-state index >= 15 is 0 Å². The second-order valence-corrected chi connectivity index (χ2v) is 5.60. The molecule has 2 rings (SSSR count). The van der Waals surface area contributed by atoms with Crippen LogP contribution in [-0.4, -0.2) is 11.1 Å². The van der Waals surface area contributed by atoms with Crippen molar-refractivity contribution >= 4 is 33.5 Å². The first kappa shape index (κ1) is 14.9. The topological polar surface area (TPSA) is 46.5 Å². The maximum Gasteiger partial charge on any atom is 0.335 e. The van der Waals surface area contributed by atoms with Gasteiger partial charge in [-0.2, -0.15) is 0 Å². The average molecular weight is 356 g/mol. The highest BCUT2D eigenvalue weighted by Crippen LogP contribution is 2.28. The molecule has 2 aromatic rings. The summed E-state index contributed by atoms with van der Waals surface area (Å²) in [6, 6.07) is 10.4. The van der Waals surface area contributed by atoms with Crippen LogP contribution in [-0.2, 0) is 6.61 Å². The lowest BCUT2D eigenvalue weighted by Gasteiger charge is -2.10. The van der Waals surface area contributed by atoms with Crippen molar-refractivity contribution in [3.05, 3.63) is 62.6 Å². The van der Waals surface area contributed by atoms with Crippen molar-refractivity contribution in [1.29, 1.82) is 0 Å². The Labute approximate surface area is 130 Å². The number of ether oxygens (including phenoxy) is 1. The van der Waals surface area contributed by atoms with E-state index in [-0.39, 0.29) is 5.56 Å².